The standard InChI is InChI=1S/C26H28N2O3/c1-4-16(2)31-26(30)23-17(3)28-21-14-20(18-8-6-5-7-9-18)15-22(29)25(21)24(23)19-10-12-27-13-11-19/h5-13,16,20,24,28H,4,14-15H2,1-3H3/t16-,20+,24-/m1/s1. The van der Waals surface area contributed by atoms with Gasteiger partial charge in [0.25, 0.3) is 0 Å². The van der Waals surface area contributed by atoms with Crippen molar-refractivity contribution < 1.29 is 14.3 Å². The van der Waals surface area contributed by atoms with Crippen molar-refractivity contribution in [2.24, 2.45) is 0 Å². The van der Waals surface area contributed by atoms with E-state index < -0.39 is 5.92 Å². The molecule has 0 amide bonds. The molecule has 5 heteroatoms. The Morgan fingerprint density at radius 3 is 2.52 bits per heavy atom. The fraction of sp³-hybridized carbons (Fsp3) is 0.346. The zero-order valence-corrected chi connectivity index (χ0v) is 18.2. The molecule has 2 aliphatic rings. The molecular formula is C26H28N2O3. The second kappa shape index (κ2) is 8.88. The third-order valence-corrected chi connectivity index (χ3v) is 6.24. The van der Waals surface area contributed by atoms with Crippen LogP contribution in [-0.4, -0.2) is 22.8 Å². The molecule has 0 fully saturated rings. The number of nitrogens with zero attached hydrogens (tertiary/aromatic N) is 1. The minimum absolute atomic E-state index is 0.0748. The number of aromatic nitrogens is 1. The molecule has 31 heavy (non-hydrogen) atoms. The van der Waals surface area contributed by atoms with Crippen molar-refractivity contribution in [1.29, 1.82) is 0 Å². The van der Waals surface area contributed by atoms with Gasteiger partial charge in [-0.1, -0.05) is 37.3 Å². The van der Waals surface area contributed by atoms with Crippen molar-refractivity contribution in [2.75, 3.05) is 0 Å². The molecule has 3 atom stereocenters. The van der Waals surface area contributed by atoms with Crippen molar-refractivity contribution >= 4 is 11.8 Å². The van der Waals surface area contributed by atoms with Crippen molar-refractivity contribution in [3.63, 3.8) is 0 Å². The summed E-state index contributed by atoms with van der Waals surface area (Å²) in [4.78, 5) is 30.7. The molecule has 5 nitrogen and oxygen atoms in total. The first-order valence-corrected chi connectivity index (χ1v) is 10.9. The van der Waals surface area contributed by atoms with Crippen LogP contribution in [0.4, 0.5) is 0 Å². The second-order valence-corrected chi connectivity index (χ2v) is 8.33. The van der Waals surface area contributed by atoms with E-state index in [-0.39, 0.29) is 23.8 Å². The van der Waals surface area contributed by atoms with Crippen LogP contribution in [0.5, 0.6) is 0 Å². The SMILES string of the molecule is CC[C@@H](C)OC(=O)C1=C(C)NC2=C(C(=O)C[C@@H](c3ccccc3)C2)[C@@H]1c1ccncc1. The van der Waals surface area contributed by atoms with Gasteiger partial charge in [-0.2, -0.15) is 0 Å². The fourth-order valence-corrected chi connectivity index (χ4v) is 4.49. The summed E-state index contributed by atoms with van der Waals surface area (Å²) >= 11 is 0. The molecule has 1 aliphatic heterocycles. The first kappa shape index (κ1) is 21.0. The Bertz CT molecular complexity index is 1040. The third kappa shape index (κ3) is 4.18. The molecule has 0 bridgehead atoms. The molecule has 1 aromatic carbocycles. The second-order valence-electron chi connectivity index (χ2n) is 8.33. The molecule has 0 spiro atoms. The molecular weight excluding hydrogens is 388 g/mol. The third-order valence-electron chi connectivity index (χ3n) is 6.24. The number of carbonyl (C=O) groups is 2. The first-order valence-electron chi connectivity index (χ1n) is 10.9. The van der Waals surface area contributed by atoms with Crippen LogP contribution in [0.1, 0.15) is 63.0 Å². The monoisotopic (exact) mass is 416 g/mol. The summed E-state index contributed by atoms with van der Waals surface area (Å²) in [6, 6.07) is 13.9. The Balaban J connectivity index is 1.76. The number of nitrogens with one attached hydrogen (secondary N) is 1. The molecule has 0 saturated heterocycles. The van der Waals surface area contributed by atoms with Gasteiger partial charge in [-0.15, -0.1) is 0 Å². The van der Waals surface area contributed by atoms with E-state index in [1.807, 2.05) is 51.1 Å². The lowest BCUT2D eigenvalue weighted by molar-refractivity contribution is -0.144. The highest BCUT2D eigenvalue weighted by molar-refractivity contribution is 6.04. The van der Waals surface area contributed by atoms with Gasteiger partial charge in [0.2, 0.25) is 0 Å². The highest BCUT2D eigenvalue weighted by atomic mass is 16.5. The summed E-state index contributed by atoms with van der Waals surface area (Å²) in [7, 11) is 0. The van der Waals surface area contributed by atoms with E-state index >= 15 is 0 Å². The average molecular weight is 417 g/mol. The maximum absolute atomic E-state index is 13.5. The number of dihydropyridines is 1. The van der Waals surface area contributed by atoms with Crippen molar-refractivity contribution in [1.82, 2.24) is 10.3 Å². The predicted molar refractivity (Wildman–Crippen MR) is 119 cm³/mol. The average Bonchev–Trinajstić information content (AvgIpc) is 2.79. The number of hydrogen-bond acceptors (Lipinski definition) is 5. The molecule has 1 N–H and O–H groups in total. The smallest absolute Gasteiger partial charge is 0.337 e. The molecule has 0 saturated carbocycles. The minimum Gasteiger partial charge on any atom is -0.459 e. The maximum Gasteiger partial charge on any atom is 0.337 e. The summed E-state index contributed by atoms with van der Waals surface area (Å²) in [6.07, 6.45) is 5.11. The van der Waals surface area contributed by atoms with E-state index in [1.165, 1.54) is 0 Å². The van der Waals surface area contributed by atoms with E-state index in [2.05, 4.69) is 22.4 Å². The Morgan fingerprint density at radius 2 is 1.84 bits per heavy atom. The summed E-state index contributed by atoms with van der Waals surface area (Å²) in [5, 5.41) is 3.39. The van der Waals surface area contributed by atoms with Gasteiger partial charge in [0.15, 0.2) is 5.78 Å². The van der Waals surface area contributed by atoms with E-state index in [9.17, 15) is 9.59 Å². The summed E-state index contributed by atoms with van der Waals surface area (Å²) in [5.74, 6) is -0.615. The van der Waals surface area contributed by atoms with Gasteiger partial charge in [0, 0.05) is 41.7 Å². The lowest BCUT2D eigenvalue weighted by Crippen LogP contribution is -2.36. The quantitative estimate of drug-likeness (QED) is 0.710. The Hall–Kier alpha value is -3.21. The van der Waals surface area contributed by atoms with E-state index in [0.717, 1.165) is 35.4 Å². The Kier molecular flexibility index (Phi) is 6.03. The Labute approximate surface area is 183 Å². The van der Waals surface area contributed by atoms with Crippen LogP contribution < -0.4 is 5.32 Å². The van der Waals surface area contributed by atoms with Gasteiger partial charge >= 0.3 is 5.97 Å². The Morgan fingerprint density at radius 1 is 1.13 bits per heavy atom. The molecule has 1 aromatic heterocycles. The zero-order valence-electron chi connectivity index (χ0n) is 18.2. The first-order chi connectivity index (χ1) is 15.0. The van der Waals surface area contributed by atoms with Gasteiger partial charge in [-0.25, -0.2) is 4.79 Å². The fourth-order valence-electron chi connectivity index (χ4n) is 4.49. The molecule has 0 radical (unpaired) electrons. The van der Waals surface area contributed by atoms with Crippen LogP contribution in [0.3, 0.4) is 0 Å². The van der Waals surface area contributed by atoms with Crippen LogP contribution in [0, 0.1) is 0 Å². The number of rotatable bonds is 5. The largest absolute Gasteiger partial charge is 0.459 e. The number of ketones is 1. The van der Waals surface area contributed by atoms with Crippen LogP contribution in [0.15, 0.2) is 77.4 Å². The molecule has 2 aromatic rings. The summed E-state index contributed by atoms with van der Waals surface area (Å²) in [5.41, 5.74) is 4.89. The highest BCUT2D eigenvalue weighted by Crippen LogP contribution is 2.45. The lowest BCUT2D eigenvalue weighted by Gasteiger charge is -2.37. The number of allylic oxidation sites excluding steroid dienone is 3. The van der Waals surface area contributed by atoms with Crippen molar-refractivity contribution in [2.45, 2.75) is 58.0 Å². The van der Waals surface area contributed by atoms with Crippen molar-refractivity contribution in [3.8, 4) is 0 Å². The van der Waals surface area contributed by atoms with Gasteiger partial charge in [0.05, 0.1) is 11.7 Å². The van der Waals surface area contributed by atoms with Gasteiger partial charge in [-0.3, -0.25) is 9.78 Å². The van der Waals surface area contributed by atoms with Crippen LogP contribution in [0.25, 0.3) is 0 Å². The predicted octanol–water partition coefficient (Wildman–Crippen LogP) is 4.78. The molecule has 0 unspecified atom stereocenters. The molecule has 1 aliphatic carbocycles. The topological polar surface area (TPSA) is 68.3 Å². The molecule has 160 valence electrons. The molecule has 4 rings (SSSR count). The van der Waals surface area contributed by atoms with Gasteiger partial charge in [-0.05, 0) is 55.9 Å². The lowest BCUT2D eigenvalue weighted by atomic mass is 9.72. The van der Waals surface area contributed by atoms with Gasteiger partial charge < -0.3 is 10.1 Å². The van der Waals surface area contributed by atoms with Crippen LogP contribution in [-0.2, 0) is 14.3 Å². The minimum atomic E-state index is -0.444. The summed E-state index contributed by atoms with van der Waals surface area (Å²) in [6.45, 7) is 5.75. The number of Topliss-reactive ketones (excluding diaryl/α,β-unsaturated/α-hetero) is 1. The van der Waals surface area contributed by atoms with Gasteiger partial charge in [0.1, 0.15) is 0 Å². The van der Waals surface area contributed by atoms with Crippen LogP contribution >= 0.6 is 0 Å². The van der Waals surface area contributed by atoms with E-state index in [0.29, 0.717) is 17.6 Å². The van der Waals surface area contributed by atoms with E-state index in [4.69, 9.17) is 4.74 Å². The number of hydrogen-bond donors (Lipinski definition) is 1. The number of esters is 1. The zero-order chi connectivity index (χ0) is 22.0. The highest BCUT2D eigenvalue weighted by Gasteiger charge is 2.41. The number of carbonyl (C=O) groups excluding carboxylic acids is 2. The number of ether oxygens (including phenoxy) is 1. The van der Waals surface area contributed by atoms with E-state index in [1.54, 1.807) is 12.4 Å². The normalized spacial score (nSPS) is 22.0. The molecule has 2 heterocycles. The van der Waals surface area contributed by atoms with Crippen LogP contribution in [0.2, 0.25) is 0 Å². The van der Waals surface area contributed by atoms with Crippen molar-refractivity contribution in [3.05, 3.63) is 88.5 Å². The number of benzene rings is 1. The maximum atomic E-state index is 13.5. The number of pyridine rings is 1. The summed E-state index contributed by atoms with van der Waals surface area (Å²) < 4.78 is 5.68.